The van der Waals surface area contributed by atoms with Gasteiger partial charge in [-0.3, -0.25) is 0 Å². The molecular weight excluding hydrogens is 543 g/mol. The first-order valence-electron chi connectivity index (χ1n) is 14.5. The van der Waals surface area contributed by atoms with Crippen LogP contribution in [0.2, 0.25) is 0 Å². The van der Waals surface area contributed by atoms with Gasteiger partial charge in [0, 0.05) is 42.3 Å². The Balaban J connectivity index is 1.33. The lowest BCUT2D eigenvalue weighted by molar-refractivity contribution is 0.672. The normalized spacial score (nSPS) is 11.7. The van der Waals surface area contributed by atoms with E-state index in [0.717, 1.165) is 44.4 Å². The molecule has 2 nitrogen and oxygen atoms in total. The van der Waals surface area contributed by atoms with E-state index in [2.05, 4.69) is 157 Å². The first kappa shape index (κ1) is 24.2. The van der Waals surface area contributed by atoms with Crippen molar-refractivity contribution in [2.45, 2.75) is 0 Å². The van der Waals surface area contributed by atoms with E-state index in [0.29, 0.717) is 0 Å². The number of rotatable bonds is 4. The number of thiophene rings is 1. The Hall–Kier alpha value is -5.38. The van der Waals surface area contributed by atoms with Crippen molar-refractivity contribution < 1.29 is 4.42 Å². The molecule has 0 aliphatic carbocycles. The van der Waals surface area contributed by atoms with Crippen molar-refractivity contribution in [3.63, 3.8) is 0 Å². The summed E-state index contributed by atoms with van der Waals surface area (Å²) in [6.07, 6.45) is 0. The second-order valence-electron chi connectivity index (χ2n) is 10.9. The topological polar surface area (TPSA) is 16.4 Å². The van der Waals surface area contributed by atoms with Gasteiger partial charge in [0.2, 0.25) is 0 Å². The van der Waals surface area contributed by atoms with Crippen molar-refractivity contribution in [2.75, 3.05) is 4.90 Å². The molecule has 202 valence electrons. The molecule has 9 aromatic rings. The van der Waals surface area contributed by atoms with Crippen LogP contribution in [-0.4, -0.2) is 0 Å². The number of hydrogen-bond acceptors (Lipinski definition) is 3. The summed E-state index contributed by atoms with van der Waals surface area (Å²) >= 11 is 1.85. The highest BCUT2D eigenvalue weighted by molar-refractivity contribution is 7.25. The average Bonchev–Trinajstić information content (AvgIpc) is 3.64. The zero-order valence-electron chi connectivity index (χ0n) is 23.2. The SMILES string of the molecule is c1ccc(-c2cccc(N(c3ccc4c(c3)sc3ccccc34)c3cccc4oc5c6ccccc6ccc5c34)c2)cc1. The molecule has 0 spiro atoms. The second kappa shape index (κ2) is 9.59. The standard InChI is InChI=1S/C40H25NOS/c1-2-10-26(11-3-1)28-13-8-14-29(24-28)41(30-21-23-33-32-16-6-7-19-37(32)43-38(33)25-30)35-17-9-18-36-39(35)34-22-20-27-12-4-5-15-31(27)40(34)42-36/h1-25H. The van der Waals surface area contributed by atoms with Crippen LogP contribution in [0.5, 0.6) is 0 Å². The van der Waals surface area contributed by atoms with Gasteiger partial charge in [0.25, 0.3) is 0 Å². The minimum Gasteiger partial charge on any atom is -0.455 e. The van der Waals surface area contributed by atoms with Crippen LogP contribution in [-0.2, 0) is 0 Å². The number of furan rings is 1. The predicted octanol–water partition coefficient (Wildman–Crippen LogP) is 12.2. The fourth-order valence-corrected chi connectivity index (χ4v) is 7.60. The Bertz CT molecular complexity index is 2470. The van der Waals surface area contributed by atoms with Crippen LogP contribution in [0.15, 0.2) is 156 Å². The monoisotopic (exact) mass is 567 g/mol. The molecule has 0 unspecified atom stereocenters. The molecule has 0 saturated carbocycles. The molecule has 0 aliphatic rings. The molecule has 0 bridgehead atoms. The molecule has 2 aromatic heterocycles. The minimum absolute atomic E-state index is 0.885. The maximum atomic E-state index is 6.61. The fraction of sp³-hybridized carbons (Fsp3) is 0. The van der Waals surface area contributed by atoms with E-state index in [1.54, 1.807) is 0 Å². The summed E-state index contributed by atoms with van der Waals surface area (Å²) in [5.41, 5.74) is 7.51. The minimum atomic E-state index is 0.885. The number of anilines is 3. The van der Waals surface area contributed by atoms with Crippen LogP contribution < -0.4 is 4.90 Å². The van der Waals surface area contributed by atoms with Gasteiger partial charge in [0.1, 0.15) is 11.2 Å². The van der Waals surface area contributed by atoms with Gasteiger partial charge in [-0.25, -0.2) is 0 Å². The number of fused-ring (bicyclic) bond motifs is 8. The Kier molecular flexibility index (Phi) is 5.40. The summed E-state index contributed by atoms with van der Waals surface area (Å²) in [4.78, 5) is 2.39. The fourth-order valence-electron chi connectivity index (χ4n) is 6.46. The summed E-state index contributed by atoms with van der Waals surface area (Å²) in [7, 11) is 0. The van der Waals surface area contributed by atoms with Gasteiger partial charge in [0.05, 0.1) is 11.1 Å². The third-order valence-corrected chi connectivity index (χ3v) is 9.57. The van der Waals surface area contributed by atoms with Crippen LogP contribution in [0.1, 0.15) is 0 Å². The quantitative estimate of drug-likeness (QED) is 0.210. The molecule has 7 aromatic carbocycles. The average molecular weight is 568 g/mol. The Morgan fingerprint density at radius 2 is 1.19 bits per heavy atom. The molecule has 9 rings (SSSR count). The number of benzene rings is 7. The lowest BCUT2D eigenvalue weighted by Crippen LogP contribution is -2.10. The van der Waals surface area contributed by atoms with Crippen molar-refractivity contribution in [2.24, 2.45) is 0 Å². The first-order chi connectivity index (χ1) is 21.3. The van der Waals surface area contributed by atoms with Gasteiger partial charge in [-0.05, 0) is 65.0 Å². The Labute approximate surface area is 252 Å². The molecular formula is C40H25NOS. The van der Waals surface area contributed by atoms with Gasteiger partial charge in [0.15, 0.2) is 0 Å². The summed E-state index contributed by atoms with van der Waals surface area (Å²) in [6.45, 7) is 0. The van der Waals surface area contributed by atoms with Gasteiger partial charge >= 0.3 is 0 Å². The van der Waals surface area contributed by atoms with Gasteiger partial charge in [-0.2, -0.15) is 0 Å². The third-order valence-electron chi connectivity index (χ3n) is 8.44. The summed E-state index contributed by atoms with van der Waals surface area (Å²) < 4.78 is 9.19. The Morgan fingerprint density at radius 3 is 2.12 bits per heavy atom. The Morgan fingerprint density at radius 1 is 0.465 bits per heavy atom. The molecule has 3 heteroatoms. The van der Waals surface area contributed by atoms with Crippen molar-refractivity contribution in [3.8, 4) is 11.1 Å². The molecule has 0 radical (unpaired) electrons. The summed E-state index contributed by atoms with van der Waals surface area (Å²) in [6, 6.07) is 54.3. The molecule has 0 amide bonds. The number of nitrogens with zero attached hydrogens (tertiary/aromatic N) is 1. The summed E-state index contributed by atoms with van der Waals surface area (Å²) in [5.74, 6) is 0. The number of hydrogen-bond donors (Lipinski definition) is 0. The predicted molar refractivity (Wildman–Crippen MR) is 184 cm³/mol. The molecule has 43 heavy (non-hydrogen) atoms. The molecule has 0 atom stereocenters. The van der Waals surface area contributed by atoms with Crippen LogP contribution in [0.4, 0.5) is 17.1 Å². The molecule has 0 fully saturated rings. The van der Waals surface area contributed by atoms with Crippen molar-refractivity contribution in [1.82, 2.24) is 0 Å². The maximum Gasteiger partial charge on any atom is 0.143 e. The van der Waals surface area contributed by atoms with Crippen LogP contribution in [0.25, 0.3) is 64.0 Å². The van der Waals surface area contributed by atoms with Crippen LogP contribution in [0, 0.1) is 0 Å². The van der Waals surface area contributed by atoms with Crippen molar-refractivity contribution >= 4 is 81.3 Å². The van der Waals surface area contributed by atoms with Crippen LogP contribution >= 0.6 is 11.3 Å². The van der Waals surface area contributed by atoms with E-state index in [4.69, 9.17) is 4.42 Å². The summed E-state index contributed by atoms with van der Waals surface area (Å²) in [5, 5.41) is 7.15. The lowest BCUT2D eigenvalue weighted by Gasteiger charge is -2.27. The van der Waals surface area contributed by atoms with Gasteiger partial charge < -0.3 is 9.32 Å². The first-order valence-corrected chi connectivity index (χ1v) is 15.3. The second-order valence-corrected chi connectivity index (χ2v) is 12.0. The van der Waals surface area contributed by atoms with Crippen LogP contribution in [0.3, 0.4) is 0 Å². The van der Waals surface area contributed by atoms with E-state index in [1.165, 1.54) is 36.7 Å². The molecule has 0 aliphatic heterocycles. The van der Waals surface area contributed by atoms with E-state index < -0.39 is 0 Å². The zero-order chi connectivity index (χ0) is 28.3. The maximum absolute atomic E-state index is 6.61. The zero-order valence-corrected chi connectivity index (χ0v) is 24.0. The molecule has 0 N–H and O–H groups in total. The van der Waals surface area contributed by atoms with Gasteiger partial charge in [-0.1, -0.05) is 103 Å². The molecule has 0 saturated heterocycles. The van der Waals surface area contributed by atoms with E-state index in [9.17, 15) is 0 Å². The smallest absolute Gasteiger partial charge is 0.143 e. The van der Waals surface area contributed by atoms with Gasteiger partial charge in [-0.15, -0.1) is 11.3 Å². The highest BCUT2D eigenvalue weighted by Crippen LogP contribution is 2.46. The molecule has 2 heterocycles. The van der Waals surface area contributed by atoms with Crippen molar-refractivity contribution in [3.05, 3.63) is 152 Å². The van der Waals surface area contributed by atoms with E-state index in [1.807, 2.05) is 11.3 Å². The van der Waals surface area contributed by atoms with Crippen molar-refractivity contribution in [1.29, 1.82) is 0 Å². The lowest BCUT2D eigenvalue weighted by atomic mass is 10.0. The van der Waals surface area contributed by atoms with E-state index >= 15 is 0 Å². The largest absolute Gasteiger partial charge is 0.455 e. The third kappa shape index (κ3) is 3.86. The highest BCUT2D eigenvalue weighted by Gasteiger charge is 2.21. The van der Waals surface area contributed by atoms with E-state index in [-0.39, 0.29) is 0 Å². The highest BCUT2D eigenvalue weighted by atomic mass is 32.1.